The Kier molecular flexibility index (Phi) is 9.01. The summed E-state index contributed by atoms with van der Waals surface area (Å²) in [5.41, 5.74) is 2.80. The number of unbranched alkanes of at least 4 members (excludes halogenated alkanes) is 1. The molecule has 0 aliphatic heterocycles. The highest BCUT2D eigenvalue weighted by atomic mass is 32.2. The summed E-state index contributed by atoms with van der Waals surface area (Å²) in [5, 5.41) is 3.63. The highest BCUT2D eigenvalue weighted by Gasteiger charge is 2.30. The lowest BCUT2D eigenvalue weighted by molar-refractivity contribution is 0.262. The smallest absolute Gasteiger partial charge is 0.155 e. The van der Waals surface area contributed by atoms with Crippen LogP contribution in [0.4, 0.5) is 0 Å². The Hall–Kier alpha value is -0.870. The predicted molar refractivity (Wildman–Crippen MR) is 120 cm³/mol. The van der Waals surface area contributed by atoms with Gasteiger partial charge in [-0.15, -0.1) is 0 Å². The Morgan fingerprint density at radius 3 is 2.11 bits per heavy atom. The number of sulfone groups is 1. The highest BCUT2D eigenvalue weighted by Crippen LogP contribution is 2.31. The van der Waals surface area contributed by atoms with Gasteiger partial charge in [0, 0.05) is 6.54 Å². The SMILES string of the molecule is CCCCc1ccc(CNCC2CCC(CCS(=O)(=O)C(C)(C)C)CC2)cc1. The molecule has 0 spiro atoms. The quantitative estimate of drug-likeness (QED) is 0.555. The van der Waals surface area contributed by atoms with Gasteiger partial charge in [-0.05, 0) is 82.4 Å². The van der Waals surface area contributed by atoms with Crippen molar-refractivity contribution in [1.82, 2.24) is 5.32 Å². The lowest BCUT2D eigenvalue weighted by atomic mass is 9.81. The summed E-state index contributed by atoms with van der Waals surface area (Å²) in [6, 6.07) is 9.04. The van der Waals surface area contributed by atoms with Gasteiger partial charge >= 0.3 is 0 Å². The van der Waals surface area contributed by atoms with Crippen molar-refractivity contribution in [2.45, 2.75) is 90.4 Å². The zero-order valence-corrected chi connectivity index (χ0v) is 19.3. The van der Waals surface area contributed by atoms with Gasteiger partial charge in [-0.25, -0.2) is 8.42 Å². The van der Waals surface area contributed by atoms with E-state index in [1.54, 1.807) is 0 Å². The van der Waals surface area contributed by atoms with E-state index in [1.165, 1.54) is 56.1 Å². The molecule has 1 aliphatic carbocycles. The van der Waals surface area contributed by atoms with Gasteiger partial charge in [0.15, 0.2) is 9.84 Å². The minimum absolute atomic E-state index is 0.346. The molecular weight excluding hydrogens is 366 g/mol. The first-order valence-electron chi connectivity index (χ1n) is 11.2. The van der Waals surface area contributed by atoms with Crippen molar-refractivity contribution < 1.29 is 8.42 Å². The fourth-order valence-corrected chi connectivity index (χ4v) is 5.23. The fourth-order valence-electron chi connectivity index (χ4n) is 3.98. The zero-order chi connectivity index (χ0) is 20.6. The second-order valence-electron chi connectivity index (χ2n) is 9.66. The van der Waals surface area contributed by atoms with Crippen molar-refractivity contribution >= 4 is 9.84 Å². The molecule has 0 radical (unpaired) electrons. The Labute approximate surface area is 173 Å². The number of benzene rings is 1. The van der Waals surface area contributed by atoms with Crippen LogP contribution in [0.2, 0.25) is 0 Å². The Morgan fingerprint density at radius 1 is 0.964 bits per heavy atom. The molecule has 1 saturated carbocycles. The molecule has 2 rings (SSSR count). The van der Waals surface area contributed by atoms with Crippen LogP contribution in [0.3, 0.4) is 0 Å². The summed E-state index contributed by atoms with van der Waals surface area (Å²) < 4.78 is 24.0. The molecule has 0 unspecified atom stereocenters. The first-order chi connectivity index (χ1) is 13.2. The van der Waals surface area contributed by atoms with E-state index < -0.39 is 14.6 Å². The van der Waals surface area contributed by atoms with Crippen molar-refractivity contribution in [3.63, 3.8) is 0 Å². The van der Waals surface area contributed by atoms with E-state index in [2.05, 4.69) is 36.5 Å². The van der Waals surface area contributed by atoms with Crippen molar-refractivity contribution in [2.24, 2.45) is 11.8 Å². The van der Waals surface area contributed by atoms with Crippen molar-refractivity contribution in [3.8, 4) is 0 Å². The summed E-state index contributed by atoms with van der Waals surface area (Å²) in [5.74, 6) is 1.67. The number of hydrogen-bond acceptors (Lipinski definition) is 3. The first-order valence-corrected chi connectivity index (χ1v) is 12.9. The Morgan fingerprint density at radius 2 is 1.54 bits per heavy atom. The van der Waals surface area contributed by atoms with Crippen LogP contribution >= 0.6 is 0 Å². The third-order valence-electron chi connectivity index (χ3n) is 6.30. The molecule has 0 aromatic heterocycles. The zero-order valence-electron chi connectivity index (χ0n) is 18.5. The van der Waals surface area contributed by atoms with Crippen LogP contribution in [0.25, 0.3) is 0 Å². The van der Waals surface area contributed by atoms with Crippen molar-refractivity contribution in [1.29, 1.82) is 0 Å². The molecule has 4 heteroatoms. The molecular formula is C24H41NO2S. The molecule has 0 bridgehead atoms. The molecule has 1 aromatic rings. The normalized spacial score (nSPS) is 21.0. The third kappa shape index (κ3) is 7.51. The lowest BCUT2D eigenvalue weighted by Crippen LogP contribution is -2.32. The van der Waals surface area contributed by atoms with E-state index >= 15 is 0 Å². The van der Waals surface area contributed by atoms with Gasteiger partial charge < -0.3 is 5.32 Å². The van der Waals surface area contributed by atoms with E-state index in [9.17, 15) is 8.42 Å². The highest BCUT2D eigenvalue weighted by molar-refractivity contribution is 7.92. The average Bonchev–Trinajstić information content (AvgIpc) is 2.66. The Balaban J connectivity index is 1.64. The van der Waals surface area contributed by atoms with E-state index in [-0.39, 0.29) is 0 Å². The summed E-state index contributed by atoms with van der Waals surface area (Å²) >= 11 is 0. The topological polar surface area (TPSA) is 46.2 Å². The van der Waals surface area contributed by atoms with Crippen molar-refractivity contribution in [3.05, 3.63) is 35.4 Å². The van der Waals surface area contributed by atoms with Crippen LogP contribution in [0.1, 0.15) is 83.8 Å². The maximum atomic E-state index is 12.3. The van der Waals surface area contributed by atoms with Gasteiger partial charge in [0.25, 0.3) is 0 Å². The van der Waals surface area contributed by atoms with Crippen LogP contribution in [0.15, 0.2) is 24.3 Å². The van der Waals surface area contributed by atoms with E-state index in [4.69, 9.17) is 0 Å². The molecule has 0 amide bonds. The van der Waals surface area contributed by atoms with Crippen LogP contribution in [0, 0.1) is 11.8 Å². The third-order valence-corrected chi connectivity index (χ3v) is 8.94. The maximum Gasteiger partial charge on any atom is 0.155 e. The lowest BCUT2D eigenvalue weighted by Gasteiger charge is -2.29. The standard InChI is InChI=1S/C24H41NO2S/c1-5-6-7-20-8-12-22(13-9-20)18-25-19-23-14-10-21(11-15-23)16-17-28(26,27)24(2,3)4/h8-9,12-13,21,23,25H,5-7,10-11,14-19H2,1-4H3. The van der Waals surface area contributed by atoms with Gasteiger partial charge in [-0.3, -0.25) is 0 Å². The molecule has 0 saturated heterocycles. The monoisotopic (exact) mass is 407 g/mol. The molecule has 1 fully saturated rings. The summed E-state index contributed by atoms with van der Waals surface area (Å²) in [4.78, 5) is 0. The van der Waals surface area contributed by atoms with Crippen LogP contribution in [-0.2, 0) is 22.8 Å². The number of rotatable bonds is 10. The molecule has 0 atom stereocenters. The van der Waals surface area contributed by atoms with E-state index in [0.29, 0.717) is 11.7 Å². The minimum Gasteiger partial charge on any atom is -0.312 e. The largest absolute Gasteiger partial charge is 0.312 e. The van der Waals surface area contributed by atoms with Crippen LogP contribution in [-0.4, -0.2) is 25.5 Å². The number of aryl methyl sites for hydroxylation is 1. The van der Waals surface area contributed by atoms with E-state index in [0.717, 1.165) is 25.4 Å². The second kappa shape index (κ2) is 10.8. The molecule has 1 aromatic carbocycles. The molecule has 0 heterocycles. The predicted octanol–water partition coefficient (Wildman–Crippen LogP) is 5.53. The molecule has 3 nitrogen and oxygen atoms in total. The van der Waals surface area contributed by atoms with E-state index in [1.807, 2.05) is 20.8 Å². The number of nitrogens with one attached hydrogen (secondary N) is 1. The van der Waals surface area contributed by atoms with Gasteiger partial charge in [-0.2, -0.15) is 0 Å². The second-order valence-corrected chi connectivity index (χ2v) is 12.5. The summed E-state index contributed by atoms with van der Waals surface area (Å²) in [6.45, 7) is 9.68. The molecule has 1 aliphatic rings. The molecule has 160 valence electrons. The van der Waals surface area contributed by atoms with Gasteiger partial charge in [0.2, 0.25) is 0 Å². The van der Waals surface area contributed by atoms with Gasteiger partial charge in [0.05, 0.1) is 10.5 Å². The van der Waals surface area contributed by atoms with Gasteiger partial charge in [-0.1, -0.05) is 50.5 Å². The summed E-state index contributed by atoms with van der Waals surface area (Å²) in [6.07, 6.45) is 9.34. The van der Waals surface area contributed by atoms with Gasteiger partial charge in [0.1, 0.15) is 0 Å². The Bertz CT molecular complexity index is 666. The number of hydrogen-bond donors (Lipinski definition) is 1. The summed E-state index contributed by atoms with van der Waals surface area (Å²) in [7, 11) is -2.98. The van der Waals surface area contributed by atoms with Crippen LogP contribution in [0.5, 0.6) is 0 Å². The van der Waals surface area contributed by atoms with Crippen molar-refractivity contribution in [2.75, 3.05) is 12.3 Å². The molecule has 1 N–H and O–H groups in total. The maximum absolute atomic E-state index is 12.3. The average molecular weight is 408 g/mol. The minimum atomic E-state index is -2.98. The van der Waals surface area contributed by atoms with Crippen LogP contribution < -0.4 is 5.32 Å². The first kappa shape index (κ1) is 23.4. The molecule has 28 heavy (non-hydrogen) atoms. The fraction of sp³-hybridized carbons (Fsp3) is 0.750.